The Bertz CT molecular complexity index is 245. The maximum atomic E-state index is 11.7. The highest BCUT2D eigenvalue weighted by Crippen LogP contribution is 2.27. The third-order valence-electron chi connectivity index (χ3n) is 3.73. The SMILES string of the molecule is CCNC1CCN(CC(=O)NCC2CC2)CC1. The summed E-state index contributed by atoms with van der Waals surface area (Å²) in [5, 5.41) is 6.51. The molecule has 1 aliphatic heterocycles. The van der Waals surface area contributed by atoms with Crippen molar-refractivity contribution in [1.29, 1.82) is 0 Å². The molecule has 0 aromatic carbocycles. The molecule has 2 fully saturated rings. The second-order valence-corrected chi connectivity index (χ2v) is 5.36. The average Bonchev–Trinajstić information content (AvgIpc) is 3.13. The number of nitrogens with one attached hydrogen (secondary N) is 2. The smallest absolute Gasteiger partial charge is 0.234 e. The molecule has 1 aliphatic carbocycles. The molecule has 0 radical (unpaired) electrons. The van der Waals surface area contributed by atoms with E-state index in [0.717, 1.165) is 32.1 Å². The van der Waals surface area contributed by atoms with Crippen LogP contribution >= 0.6 is 0 Å². The van der Waals surface area contributed by atoms with Gasteiger partial charge in [-0.3, -0.25) is 9.69 Å². The molecule has 0 atom stereocenters. The molecule has 2 N–H and O–H groups in total. The van der Waals surface area contributed by atoms with Crippen LogP contribution in [-0.4, -0.2) is 49.6 Å². The van der Waals surface area contributed by atoms with E-state index in [9.17, 15) is 4.79 Å². The number of likely N-dealkylation sites (tertiary alicyclic amines) is 1. The topological polar surface area (TPSA) is 44.4 Å². The number of carbonyl (C=O) groups excluding carboxylic acids is 1. The van der Waals surface area contributed by atoms with Crippen molar-refractivity contribution in [3.05, 3.63) is 0 Å². The molecule has 0 spiro atoms. The van der Waals surface area contributed by atoms with E-state index in [1.54, 1.807) is 0 Å². The fourth-order valence-corrected chi connectivity index (χ4v) is 2.42. The van der Waals surface area contributed by atoms with Crippen LogP contribution in [0.25, 0.3) is 0 Å². The van der Waals surface area contributed by atoms with E-state index in [4.69, 9.17) is 0 Å². The minimum Gasteiger partial charge on any atom is -0.355 e. The first kappa shape index (κ1) is 12.8. The van der Waals surface area contributed by atoms with E-state index in [0.29, 0.717) is 12.6 Å². The van der Waals surface area contributed by atoms with Gasteiger partial charge in [-0.25, -0.2) is 0 Å². The molecule has 1 amide bonds. The molecule has 4 nitrogen and oxygen atoms in total. The summed E-state index contributed by atoms with van der Waals surface area (Å²) < 4.78 is 0. The summed E-state index contributed by atoms with van der Waals surface area (Å²) in [6, 6.07) is 0.658. The van der Waals surface area contributed by atoms with Gasteiger partial charge in [0.25, 0.3) is 0 Å². The van der Waals surface area contributed by atoms with Crippen molar-refractivity contribution in [2.45, 2.75) is 38.6 Å². The maximum absolute atomic E-state index is 11.7. The van der Waals surface area contributed by atoms with Gasteiger partial charge in [0, 0.05) is 25.7 Å². The maximum Gasteiger partial charge on any atom is 0.234 e. The van der Waals surface area contributed by atoms with Gasteiger partial charge in [0.15, 0.2) is 0 Å². The Morgan fingerprint density at radius 3 is 2.53 bits per heavy atom. The van der Waals surface area contributed by atoms with Gasteiger partial charge in [0.2, 0.25) is 5.91 Å². The number of carbonyl (C=O) groups is 1. The number of hydrogen-bond acceptors (Lipinski definition) is 3. The average molecular weight is 239 g/mol. The van der Waals surface area contributed by atoms with E-state index in [2.05, 4.69) is 22.5 Å². The van der Waals surface area contributed by atoms with Gasteiger partial charge < -0.3 is 10.6 Å². The number of hydrogen-bond donors (Lipinski definition) is 2. The molecule has 98 valence electrons. The van der Waals surface area contributed by atoms with E-state index in [1.165, 1.54) is 25.7 Å². The van der Waals surface area contributed by atoms with Crippen LogP contribution < -0.4 is 10.6 Å². The van der Waals surface area contributed by atoms with Crippen LogP contribution in [0, 0.1) is 5.92 Å². The first-order valence-electron chi connectivity index (χ1n) is 7.00. The number of nitrogens with zero attached hydrogens (tertiary/aromatic N) is 1. The van der Waals surface area contributed by atoms with Crippen molar-refractivity contribution >= 4 is 5.91 Å². The Kier molecular flexibility index (Phi) is 4.80. The van der Waals surface area contributed by atoms with Gasteiger partial charge in [-0.15, -0.1) is 0 Å². The van der Waals surface area contributed by atoms with E-state index >= 15 is 0 Å². The summed E-state index contributed by atoms with van der Waals surface area (Å²) in [5.41, 5.74) is 0. The Hall–Kier alpha value is -0.610. The van der Waals surface area contributed by atoms with E-state index < -0.39 is 0 Å². The van der Waals surface area contributed by atoms with Crippen LogP contribution in [0.5, 0.6) is 0 Å². The summed E-state index contributed by atoms with van der Waals surface area (Å²) >= 11 is 0. The van der Waals surface area contributed by atoms with Crippen LogP contribution in [0.3, 0.4) is 0 Å². The predicted octanol–water partition coefficient (Wildman–Crippen LogP) is 0.587. The normalized spacial score (nSPS) is 22.6. The van der Waals surface area contributed by atoms with Gasteiger partial charge in [-0.2, -0.15) is 0 Å². The monoisotopic (exact) mass is 239 g/mol. The van der Waals surface area contributed by atoms with Crippen LogP contribution in [0.4, 0.5) is 0 Å². The Labute approximate surface area is 104 Å². The summed E-state index contributed by atoms with van der Waals surface area (Å²) in [6.07, 6.45) is 4.94. The second-order valence-electron chi connectivity index (χ2n) is 5.36. The molecule has 0 aromatic rings. The highest BCUT2D eigenvalue weighted by molar-refractivity contribution is 5.78. The fraction of sp³-hybridized carbons (Fsp3) is 0.923. The molecule has 0 bridgehead atoms. The molecule has 1 saturated heterocycles. The lowest BCUT2D eigenvalue weighted by atomic mass is 10.1. The summed E-state index contributed by atoms with van der Waals surface area (Å²) in [7, 11) is 0. The minimum atomic E-state index is 0.207. The minimum absolute atomic E-state index is 0.207. The molecule has 2 aliphatic rings. The van der Waals surface area contributed by atoms with Crippen molar-refractivity contribution in [2.24, 2.45) is 5.92 Å². The zero-order valence-electron chi connectivity index (χ0n) is 10.9. The molecule has 2 rings (SSSR count). The first-order valence-corrected chi connectivity index (χ1v) is 7.00. The lowest BCUT2D eigenvalue weighted by Gasteiger charge is -2.31. The predicted molar refractivity (Wildman–Crippen MR) is 68.9 cm³/mol. The highest BCUT2D eigenvalue weighted by Gasteiger charge is 2.23. The van der Waals surface area contributed by atoms with Gasteiger partial charge in [0.1, 0.15) is 0 Å². The third-order valence-corrected chi connectivity index (χ3v) is 3.73. The van der Waals surface area contributed by atoms with Gasteiger partial charge in [0.05, 0.1) is 6.54 Å². The summed E-state index contributed by atoms with van der Waals surface area (Å²) in [4.78, 5) is 14.0. The quantitative estimate of drug-likeness (QED) is 0.713. The lowest BCUT2D eigenvalue weighted by molar-refractivity contribution is -0.122. The Morgan fingerprint density at radius 1 is 1.24 bits per heavy atom. The standard InChI is InChI=1S/C13H25N3O/c1-2-14-12-5-7-16(8-6-12)10-13(17)15-9-11-3-4-11/h11-12,14H,2-10H2,1H3,(H,15,17). The van der Waals surface area contributed by atoms with E-state index in [-0.39, 0.29) is 5.91 Å². The van der Waals surface area contributed by atoms with Crippen molar-refractivity contribution < 1.29 is 4.79 Å². The summed E-state index contributed by atoms with van der Waals surface area (Å²) in [6.45, 7) is 6.78. The first-order chi connectivity index (χ1) is 8.28. The molecule has 0 aromatic heterocycles. The molecular weight excluding hydrogens is 214 g/mol. The molecule has 17 heavy (non-hydrogen) atoms. The Balaban J connectivity index is 1.58. The van der Waals surface area contributed by atoms with Crippen molar-refractivity contribution in [2.75, 3.05) is 32.7 Å². The van der Waals surface area contributed by atoms with Crippen molar-refractivity contribution in [3.63, 3.8) is 0 Å². The lowest BCUT2D eigenvalue weighted by Crippen LogP contribution is -2.46. The van der Waals surface area contributed by atoms with Gasteiger partial charge in [-0.05, 0) is 38.1 Å². The zero-order valence-corrected chi connectivity index (χ0v) is 10.9. The fourth-order valence-electron chi connectivity index (χ4n) is 2.42. The zero-order chi connectivity index (χ0) is 12.1. The summed E-state index contributed by atoms with van der Waals surface area (Å²) in [5.74, 6) is 0.984. The molecule has 1 heterocycles. The molecule has 4 heteroatoms. The van der Waals surface area contributed by atoms with Crippen molar-refractivity contribution in [3.8, 4) is 0 Å². The van der Waals surface area contributed by atoms with Crippen molar-refractivity contribution in [1.82, 2.24) is 15.5 Å². The van der Waals surface area contributed by atoms with Crippen LogP contribution in [0.15, 0.2) is 0 Å². The Morgan fingerprint density at radius 2 is 1.94 bits per heavy atom. The molecule has 0 unspecified atom stereocenters. The van der Waals surface area contributed by atoms with E-state index in [1.807, 2.05) is 0 Å². The highest BCUT2D eigenvalue weighted by atomic mass is 16.2. The number of amides is 1. The van der Waals surface area contributed by atoms with Crippen LogP contribution in [0.2, 0.25) is 0 Å². The molecular formula is C13H25N3O. The largest absolute Gasteiger partial charge is 0.355 e. The number of rotatable bonds is 6. The molecule has 1 saturated carbocycles. The van der Waals surface area contributed by atoms with Gasteiger partial charge in [-0.1, -0.05) is 6.92 Å². The van der Waals surface area contributed by atoms with Gasteiger partial charge >= 0.3 is 0 Å². The van der Waals surface area contributed by atoms with Crippen LogP contribution in [-0.2, 0) is 4.79 Å². The number of piperidine rings is 1. The second kappa shape index (κ2) is 6.36. The van der Waals surface area contributed by atoms with Crippen LogP contribution in [0.1, 0.15) is 32.6 Å². The third kappa shape index (κ3) is 4.64.